The minimum atomic E-state index is 0.558. The van der Waals surface area contributed by atoms with Crippen molar-refractivity contribution in [2.75, 3.05) is 0 Å². The number of nitrogens with one attached hydrogen (secondary N) is 1. The topological polar surface area (TPSA) is 28.7 Å². The number of aryl methyl sites for hydroxylation is 1. The predicted octanol–water partition coefficient (Wildman–Crippen LogP) is 6.05. The largest absolute Gasteiger partial charge is 0.353 e. The fourth-order valence-corrected chi connectivity index (χ4v) is 3.69. The van der Waals surface area contributed by atoms with Gasteiger partial charge in [0.05, 0.1) is 11.4 Å². The molecule has 0 amide bonds. The van der Waals surface area contributed by atoms with Gasteiger partial charge in [-0.2, -0.15) is 0 Å². The zero-order chi connectivity index (χ0) is 16.7. The average molecular weight is 316 g/mol. The molecule has 2 unspecified atom stereocenters. The summed E-state index contributed by atoms with van der Waals surface area (Å²) in [5, 5.41) is 0. The van der Waals surface area contributed by atoms with Gasteiger partial charge in [0.2, 0.25) is 0 Å². The second-order valence-electron chi connectivity index (χ2n) is 7.20. The number of aromatic nitrogens is 2. The Hall–Kier alpha value is -2.35. The van der Waals surface area contributed by atoms with Crippen molar-refractivity contribution < 1.29 is 0 Å². The standard InChI is InChI=1S/C22H24N2/c1-14-4-8-17(9-5-14)19-12-13-20(23-19)21-11-10-18-15(2)6-7-16(3)22(18)24-21/h4-5,8-13,15-16,23H,6-7H2,1-3H3. The summed E-state index contributed by atoms with van der Waals surface area (Å²) in [5.74, 6) is 1.19. The van der Waals surface area contributed by atoms with Crippen molar-refractivity contribution in [3.63, 3.8) is 0 Å². The normalized spacial score (nSPS) is 20.0. The van der Waals surface area contributed by atoms with E-state index in [-0.39, 0.29) is 0 Å². The molecule has 2 heterocycles. The quantitative estimate of drug-likeness (QED) is 0.612. The lowest BCUT2D eigenvalue weighted by atomic mass is 9.81. The third-order valence-corrected chi connectivity index (χ3v) is 5.31. The molecule has 2 heteroatoms. The van der Waals surface area contributed by atoms with E-state index in [1.807, 2.05) is 0 Å². The molecule has 0 saturated carbocycles. The molecule has 2 aromatic heterocycles. The summed E-state index contributed by atoms with van der Waals surface area (Å²) in [6.45, 7) is 6.73. The first-order valence-electron chi connectivity index (χ1n) is 8.89. The van der Waals surface area contributed by atoms with E-state index in [4.69, 9.17) is 4.98 Å². The number of pyridine rings is 1. The van der Waals surface area contributed by atoms with Crippen molar-refractivity contribution in [3.05, 3.63) is 65.4 Å². The number of aromatic amines is 1. The van der Waals surface area contributed by atoms with Crippen LogP contribution in [0.4, 0.5) is 0 Å². The van der Waals surface area contributed by atoms with Gasteiger partial charge in [-0.25, -0.2) is 0 Å². The number of H-pyrrole nitrogens is 1. The third-order valence-electron chi connectivity index (χ3n) is 5.31. The van der Waals surface area contributed by atoms with Gasteiger partial charge in [-0.1, -0.05) is 49.7 Å². The van der Waals surface area contributed by atoms with Crippen molar-refractivity contribution in [2.45, 2.75) is 45.4 Å². The lowest BCUT2D eigenvalue weighted by Crippen LogP contribution is -2.13. The summed E-state index contributed by atoms with van der Waals surface area (Å²) < 4.78 is 0. The van der Waals surface area contributed by atoms with Crippen LogP contribution >= 0.6 is 0 Å². The molecule has 0 radical (unpaired) electrons. The maximum absolute atomic E-state index is 5.00. The van der Waals surface area contributed by atoms with E-state index in [9.17, 15) is 0 Å². The molecule has 1 aliphatic rings. The summed E-state index contributed by atoms with van der Waals surface area (Å²) in [6.07, 6.45) is 2.51. The molecular formula is C22H24N2. The van der Waals surface area contributed by atoms with Crippen molar-refractivity contribution in [1.82, 2.24) is 9.97 Å². The summed E-state index contributed by atoms with van der Waals surface area (Å²) in [7, 11) is 0. The Morgan fingerprint density at radius 1 is 0.833 bits per heavy atom. The van der Waals surface area contributed by atoms with Gasteiger partial charge in [0, 0.05) is 11.4 Å². The van der Waals surface area contributed by atoms with Crippen molar-refractivity contribution in [1.29, 1.82) is 0 Å². The average Bonchev–Trinajstić information content (AvgIpc) is 3.09. The third kappa shape index (κ3) is 2.66. The molecule has 4 rings (SSSR count). The molecule has 1 aliphatic carbocycles. The molecule has 2 nitrogen and oxygen atoms in total. The Morgan fingerprint density at radius 2 is 1.54 bits per heavy atom. The van der Waals surface area contributed by atoms with Crippen molar-refractivity contribution in [2.24, 2.45) is 0 Å². The van der Waals surface area contributed by atoms with E-state index in [1.165, 1.54) is 35.2 Å². The highest BCUT2D eigenvalue weighted by Crippen LogP contribution is 2.38. The fraction of sp³-hybridized carbons (Fsp3) is 0.318. The molecule has 3 aromatic rings. The second-order valence-corrected chi connectivity index (χ2v) is 7.20. The molecule has 0 bridgehead atoms. The first kappa shape index (κ1) is 15.2. The van der Waals surface area contributed by atoms with Crippen LogP contribution in [0.5, 0.6) is 0 Å². The van der Waals surface area contributed by atoms with Crippen LogP contribution in [0.2, 0.25) is 0 Å². The molecule has 1 aromatic carbocycles. The lowest BCUT2D eigenvalue weighted by molar-refractivity contribution is 0.515. The minimum absolute atomic E-state index is 0.558. The van der Waals surface area contributed by atoms with E-state index in [2.05, 4.69) is 74.3 Å². The first-order valence-corrected chi connectivity index (χ1v) is 8.89. The molecule has 0 saturated heterocycles. The molecule has 122 valence electrons. The maximum Gasteiger partial charge on any atom is 0.0868 e. The van der Waals surface area contributed by atoms with Crippen molar-refractivity contribution >= 4 is 0 Å². The van der Waals surface area contributed by atoms with Gasteiger partial charge in [0.1, 0.15) is 0 Å². The van der Waals surface area contributed by atoms with E-state index >= 15 is 0 Å². The number of rotatable bonds is 2. The van der Waals surface area contributed by atoms with Crippen LogP contribution in [-0.4, -0.2) is 9.97 Å². The Labute approximate surface area is 144 Å². The predicted molar refractivity (Wildman–Crippen MR) is 100 cm³/mol. The van der Waals surface area contributed by atoms with E-state index < -0.39 is 0 Å². The molecule has 0 fully saturated rings. The summed E-state index contributed by atoms with van der Waals surface area (Å²) in [5.41, 5.74) is 8.51. The molecule has 0 spiro atoms. The van der Waals surface area contributed by atoms with E-state index in [0.29, 0.717) is 11.8 Å². The van der Waals surface area contributed by atoms with Gasteiger partial charge in [-0.05, 0) is 60.9 Å². The van der Waals surface area contributed by atoms with Crippen molar-refractivity contribution in [3.8, 4) is 22.6 Å². The molecule has 24 heavy (non-hydrogen) atoms. The molecule has 0 aliphatic heterocycles. The number of hydrogen-bond acceptors (Lipinski definition) is 1. The highest BCUT2D eigenvalue weighted by molar-refractivity contribution is 5.67. The number of fused-ring (bicyclic) bond motifs is 1. The monoisotopic (exact) mass is 316 g/mol. The summed E-state index contributed by atoms with van der Waals surface area (Å²) in [4.78, 5) is 8.54. The zero-order valence-electron chi connectivity index (χ0n) is 14.6. The van der Waals surface area contributed by atoms with Gasteiger partial charge >= 0.3 is 0 Å². The van der Waals surface area contributed by atoms with Gasteiger partial charge in [0.15, 0.2) is 0 Å². The first-order chi connectivity index (χ1) is 11.6. The highest BCUT2D eigenvalue weighted by Gasteiger charge is 2.23. The Bertz CT molecular complexity index is 858. The number of nitrogens with zero attached hydrogens (tertiary/aromatic N) is 1. The SMILES string of the molecule is Cc1ccc(-c2ccc(-c3ccc4c(n3)C(C)CCC4C)[nH]2)cc1. The van der Waals surface area contributed by atoms with Crippen LogP contribution in [0.3, 0.4) is 0 Å². The van der Waals surface area contributed by atoms with Crippen LogP contribution < -0.4 is 0 Å². The fourth-order valence-electron chi connectivity index (χ4n) is 3.69. The zero-order valence-corrected chi connectivity index (χ0v) is 14.6. The second kappa shape index (κ2) is 5.94. The van der Waals surface area contributed by atoms with E-state index in [1.54, 1.807) is 0 Å². The van der Waals surface area contributed by atoms with Crippen LogP contribution in [-0.2, 0) is 0 Å². The lowest BCUT2D eigenvalue weighted by Gasteiger charge is -2.26. The molecular weight excluding hydrogens is 292 g/mol. The summed E-state index contributed by atoms with van der Waals surface area (Å²) in [6, 6.07) is 17.4. The Kier molecular flexibility index (Phi) is 3.76. The van der Waals surface area contributed by atoms with E-state index in [0.717, 1.165) is 17.1 Å². The van der Waals surface area contributed by atoms with Gasteiger partial charge < -0.3 is 4.98 Å². The van der Waals surface area contributed by atoms with Gasteiger partial charge in [0.25, 0.3) is 0 Å². The van der Waals surface area contributed by atoms with Gasteiger partial charge in [-0.15, -0.1) is 0 Å². The number of hydrogen-bond donors (Lipinski definition) is 1. The maximum atomic E-state index is 5.00. The Morgan fingerprint density at radius 3 is 2.33 bits per heavy atom. The van der Waals surface area contributed by atoms with Crippen LogP contribution in [0.1, 0.15) is 55.3 Å². The van der Waals surface area contributed by atoms with Crippen LogP contribution in [0.15, 0.2) is 48.5 Å². The smallest absolute Gasteiger partial charge is 0.0868 e. The number of benzene rings is 1. The molecule has 2 atom stereocenters. The van der Waals surface area contributed by atoms with Crippen LogP contribution in [0.25, 0.3) is 22.6 Å². The van der Waals surface area contributed by atoms with Crippen LogP contribution in [0, 0.1) is 6.92 Å². The minimum Gasteiger partial charge on any atom is -0.353 e. The highest BCUT2D eigenvalue weighted by atomic mass is 14.8. The van der Waals surface area contributed by atoms with Gasteiger partial charge in [-0.3, -0.25) is 4.98 Å². The summed E-state index contributed by atoms with van der Waals surface area (Å²) >= 11 is 0. The molecule has 1 N–H and O–H groups in total. The Balaban J connectivity index is 1.70.